The number of nitrogens with zero attached hydrogens (tertiary/aromatic N) is 3. The Hall–Kier alpha value is -3.63. The topological polar surface area (TPSA) is 77.4 Å². The highest BCUT2D eigenvalue weighted by molar-refractivity contribution is 5.91. The molecule has 0 fully saturated rings. The maximum Gasteiger partial charge on any atom is 0.416 e. The number of likely N-dealkylation sites (N-methyl/N-ethyl adjacent to an activating group) is 1. The molecule has 2 N–H and O–H groups in total. The van der Waals surface area contributed by atoms with Crippen LogP contribution in [0.3, 0.4) is 0 Å². The molecule has 7 nitrogen and oxygen atoms in total. The van der Waals surface area contributed by atoms with Crippen LogP contribution < -0.4 is 5.32 Å². The molecule has 37 heavy (non-hydrogen) atoms. The van der Waals surface area contributed by atoms with Crippen molar-refractivity contribution in [1.29, 1.82) is 0 Å². The van der Waals surface area contributed by atoms with Crippen LogP contribution in [0.2, 0.25) is 0 Å². The number of alkyl halides is 3. The number of carbonyl (C=O) groups is 1. The molecule has 2 heterocycles. The van der Waals surface area contributed by atoms with Crippen LogP contribution in [-0.4, -0.2) is 59.4 Å². The Morgan fingerprint density at radius 3 is 2.57 bits per heavy atom. The number of H-pyrrole nitrogens is 1. The first kappa shape index (κ1) is 26.4. The summed E-state index contributed by atoms with van der Waals surface area (Å²) in [5, 5.41) is 3.85. The van der Waals surface area contributed by atoms with Gasteiger partial charge in [0.05, 0.1) is 12.1 Å². The number of aromatic nitrogens is 2. The lowest BCUT2D eigenvalue weighted by Crippen LogP contribution is -2.31. The number of para-hydroxylation sites is 1. The Morgan fingerprint density at radius 2 is 1.78 bits per heavy atom. The van der Waals surface area contributed by atoms with Crippen molar-refractivity contribution < 1.29 is 22.4 Å². The number of amides is 1. The minimum Gasteiger partial charge on any atom is -0.447 e. The number of carbonyl (C=O) groups excluding carboxylic acids is 1. The first-order valence-electron chi connectivity index (χ1n) is 12.0. The summed E-state index contributed by atoms with van der Waals surface area (Å²) in [5.74, 6) is -0.0919. The molecule has 0 saturated carbocycles. The summed E-state index contributed by atoms with van der Waals surface area (Å²) in [7, 11) is 3.81. The van der Waals surface area contributed by atoms with Crippen LogP contribution in [0.4, 0.5) is 13.2 Å². The summed E-state index contributed by atoms with van der Waals surface area (Å²) < 4.78 is 46.5. The second kappa shape index (κ2) is 11.6. The van der Waals surface area contributed by atoms with Crippen molar-refractivity contribution in [2.24, 2.45) is 0 Å². The fraction of sp³-hybridized carbons (Fsp3) is 0.333. The molecule has 1 amide bonds. The van der Waals surface area contributed by atoms with Crippen molar-refractivity contribution >= 4 is 16.8 Å². The molecule has 0 saturated heterocycles. The van der Waals surface area contributed by atoms with Crippen LogP contribution >= 0.6 is 0 Å². The van der Waals surface area contributed by atoms with E-state index in [1.165, 1.54) is 18.4 Å². The minimum atomic E-state index is -4.46. The van der Waals surface area contributed by atoms with E-state index in [0.717, 1.165) is 22.5 Å². The normalized spacial score (nSPS) is 12.1. The first-order valence-corrected chi connectivity index (χ1v) is 12.0. The molecule has 0 aliphatic heterocycles. The Morgan fingerprint density at radius 1 is 1.03 bits per heavy atom. The van der Waals surface area contributed by atoms with Gasteiger partial charge in [-0.25, -0.2) is 4.98 Å². The van der Waals surface area contributed by atoms with Gasteiger partial charge in [-0.1, -0.05) is 36.4 Å². The number of hydrogen-bond acceptors (Lipinski definition) is 5. The number of hydrogen-bond donors (Lipinski definition) is 2. The van der Waals surface area contributed by atoms with Crippen LogP contribution in [0.25, 0.3) is 10.9 Å². The van der Waals surface area contributed by atoms with Crippen molar-refractivity contribution in [2.45, 2.75) is 25.7 Å². The Kier molecular flexibility index (Phi) is 8.30. The van der Waals surface area contributed by atoms with Crippen molar-refractivity contribution in [3.05, 3.63) is 89.3 Å². The highest BCUT2D eigenvalue weighted by Gasteiger charge is 2.33. The average Bonchev–Trinajstić information content (AvgIpc) is 3.49. The van der Waals surface area contributed by atoms with Gasteiger partial charge in [-0.15, -0.1) is 0 Å². The number of rotatable bonds is 11. The molecule has 0 bridgehead atoms. The zero-order valence-corrected chi connectivity index (χ0v) is 20.8. The van der Waals surface area contributed by atoms with E-state index in [0.29, 0.717) is 26.1 Å². The molecule has 0 atom stereocenters. The van der Waals surface area contributed by atoms with Gasteiger partial charge in [-0.3, -0.25) is 9.69 Å². The van der Waals surface area contributed by atoms with Gasteiger partial charge in [-0.05, 0) is 43.8 Å². The summed E-state index contributed by atoms with van der Waals surface area (Å²) in [4.78, 5) is 23.7. The molecule has 0 spiro atoms. The lowest BCUT2D eigenvalue weighted by atomic mass is 10.1. The lowest BCUT2D eigenvalue weighted by Gasteiger charge is -2.23. The van der Waals surface area contributed by atoms with E-state index in [-0.39, 0.29) is 36.1 Å². The highest BCUT2D eigenvalue weighted by atomic mass is 19.4. The molecule has 0 unspecified atom stereocenters. The maximum absolute atomic E-state index is 13.7. The van der Waals surface area contributed by atoms with Crippen LogP contribution in [0.15, 0.2) is 65.4 Å². The van der Waals surface area contributed by atoms with Gasteiger partial charge in [0.2, 0.25) is 5.89 Å². The summed E-state index contributed by atoms with van der Waals surface area (Å²) >= 11 is 0. The minimum absolute atomic E-state index is 0.0464. The smallest absolute Gasteiger partial charge is 0.416 e. The third-order valence-corrected chi connectivity index (χ3v) is 6.08. The Balaban J connectivity index is 1.51. The van der Waals surface area contributed by atoms with E-state index < -0.39 is 11.7 Å². The third kappa shape index (κ3) is 6.99. The van der Waals surface area contributed by atoms with Crippen molar-refractivity contribution in [3.63, 3.8) is 0 Å². The number of benzene rings is 2. The average molecular weight is 514 g/mol. The molecule has 196 valence electrons. The molecule has 4 aromatic rings. The van der Waals surface area contributed by atoms with E-state index in [2.05, 4.69) is 15.3 Å². The third-order valence-electron chi connectivity index (χ3n) is 6.08. The zero-order chi connectivity index (χ0) is 26.4. The van der Waals surface area contributed by atoms with Crippen LogP contribution in [0.1, 0.15) is 33.1 Å². The molecule has 2 aromatic heterocycles. The van der Waals surface area contributed by atoms with Crippen molar-refractivity contribution in [3.8, 4) is 0 Å². The molecule has 0 radical (unpaired) electrons. The van der Waals surface area contributed by atoms with E-state index in [4.69, 9.17) is 4.42 Å². The van der Waals surface area contributed by atoms with Gasteiger partial charge in [-0.2, -0.15) is 13.2 Å². The van der Waals surface area contributed by atoms with Gasteiger partial charge >= 0.3 is 6.18 Å². The van der Waals surface area contributed by atoms with Crippen LogP contribution in [0, 0.1) is 0 Å². The second-order valence-corrected chi connectivity index (χ2v) is 9.16. The molecule has 2 aromatic carbocycles. The summed E-state index contributed by atoms with van der Waals surface area (Å²) in [6.07, 6.45) is -0.647. The zero-order valence-electron chi connectivity index (χ0n) is 20.8. The van der Waals surface area contributed by atoms with Crippen molar-refractivity contribution in [2.75, 3.05) is 33.7 Å². The number of nitrogens with one attached hydrogen (secondary N) is 2. The van der Waals surface area contributed by atoms with Gasteiger partial charge in [0, 0.05) is 43.3 Å². The van der Waals surface area contributed by atoms with Gasteiger partial charge < -0.3 is 19.6 Å². The molecular weight excluding hydrogens is 483 g/mol. The molecule has 0 aliphatic rings. The van der Waals surface area contributed by atoms with Crippen LogP contribution in [-0.2, 0) is 25.7 Å². The second-order valence-electron chi connectivity index (χ2n) is 9.16. The molecular formula is C27H30F3N5O2. The fourth-order valence-corrected chi connectivity index (χ4v) is 4.17. The maximum atomic E-state index is 13.7. The van der Waals surface area contributed by atoms with E-state index in [9.17, 15) is 18.0 Å². The largest absolute Gasteiger partial charge is 0.447 e. The van der Waals surface area contributed by atoms with Gasteiger partial charge in [0.1, 0.15) is 6.26 Å². The number of halogens is 3. The predicted octanol–water partition coefficient (Wildman–Crippen LogP) is 4.71. The van der Waals surface area contributed by atoms with Crippen LogP contribution in [0.5, 0.6) is 0 Å². The first-order chi connectivity index (χ1) is 17.7. The van der Waals surface area contributed by atoms with E-state index in [1.807, 2.05) is 54.4 Å². The lowest BCUT2D eigenvalue weighted by molar-refractivity contribution is -0.138. The monoisotopic (exact) mass is 513 g/mol. The molecule has 0 aliphatic carbocycles. The summed E-state index contributed by atoms with van der Waals surface area (Å²) in [5.41, 5.74) is 1.71. The Bertz CT molecular complexity index is 1330. The predicted molar refractivity (Wildman–Crippen MR) is 135 cm³/mol. The molecule has 4 rings (SSSR count). The summed E-state index contributed by atoms with van der Waals surface area (Å²) in [6, 6.07) is 13.5. The van der Waals surface area contributed by atoms with E-state index >= 15 is 0 Å². The quantitative estimate of drug-likeness (QED) is 0.304. The number of aromatic amines is 1. The molecule has 10 heteroatoms. The van der Waals surface area contributed by atoms with E-state index in [1.54, 1.807) is 6.07 Å². The summed E-state index contributed by atoms with van der Waals surface area (Å²) in [6.45, 7) is 1.79. The van der Waals surface area contributed by atoms with Gasteiger partial charge in [0.15, 0.2) is 5.69 Å². The number of fused-ring (bicyclic) bond motifs is 1. The fourth-order valence-electron chi connectivity index (χ4n) is 4.17. The SMILES string of the molecule is CN(C)CCNC(=O)c1coc(CN(CCc2c[nH]c3ccccc23)Cc2ccccc2C(F)(F)F)n1. The standard InChI is InChI=1S/C27H30F3N5O2/c1-34(2)14-12-31-26(36)24-18-37-25(33-24)17-35(16-20-7-3-5-9-22(20)27(28,29)30)13-11-19-15-32-23-10-6-4-8-21(19)23/h3-10,15,18,32H,11-14,16-17H2,1-2H3,(H,31,36). The highest BCUT2D eigenvalue weighted by Crippen LogP contribution is 2.32. The number of oxazole rings is 1. The Labute approximate surface area is 213 Å². The van der Waals surface area contributed by atoms with Gasteiger partial charge in [0.25, 0.3) is 5.91 Å². The van der Waals surface area contributed by atoms with Crippen molar-refractivity contribution in [1.82, 2.24) is 25.1 Å².